The van der Waals surface area contributed by atoms with E-state index in [2.05, 4.69) is 25.6 Å². The van der Waals surface area contributed by atoms with E-state index in [1.165, 1.54) is 13.1 Å². The minimum atomic E-state index is -4.58. The summed E-state index contributed by atoms with van der Waals surface area (Å²) in [5.41, 5.74) is 0. The molecule has 108 valence electrons. The van der Waals surface area contributed by atoms with Crippen molar-refractivity contribution < 1.29 is 13.2 Å². The largest absolute Gasteiger partial charge is 0.451 e. The molecule has 0 atom stereocenters. The van der Waals surface area contributed by atoms with Gasteiger partial charge in [0.05, 0.1) is 6.33 Å². The van der Waals surface area contributed by atoms with Gasteiger partial charge < -0.3 is 15.2 Å². The Hall–Kier alpha value is -2.32. The van der Waals surface area contributed by atoms with Crippen LogP contribution in [0.15, 0.2) is 24.8 Å². The molecule has 0 saturated heterocycles. The fraction of sp³-hybridized carbons (Fsp3) is 0.364. The van der Waals surface area contributed by atoms with Crippen molar-refractivity contribution in [3.05, 3.63) is 30.6 Å². The van der Waals surface area contributed by atoms with Gasteiger partial charge >= 0.3 is 6.18 Å². The van der Waals surface area contributed by atoms with Gasteiger partial charge in [-0.15, -0.1) is 0 Å². The molecule has 9 heteroatoms. The number of anilines is 2. The summed E-state index contributed by atoms with van der Waals surface area (Å²) in [5, 5.41) is 5.41. The highest BCUT2D eigenvalue weighted by atomic mass is 19.4. The lowest BCUT2D eigenvalue weighted by Gasteiger charge is -2.11. The molecule has 0 aliphatic heterocycles. The Balaban J connectivity index is 2.06. The van der Waals surface area contributed by atoms with Gasteiger partial charge in [0.1, 0.15) is 11.6 Å². The van der Waals surface area contributed by atoms with Crippen LogP contribution in [0.1, 0.15) is 5.82 Å². The summed E-state index contributed by atoms with van der Waals surface area (Å²) in [6.07, 6.45) is 0.447. The lowest BCUT2D eigenvalue weighted by atomic mass is 10.4. The predicted octanol–water partition coefficient (Wildman–Crippen LogP) is 1.85. The summed E-state index contributed by atoms with van der Waals surface area (Å²) in [6.45, 7) is 0.994. The monoisotopic (exact) mass is 286 g/mol. The van der Waals surface area contributed by atoms with Gasteiger partial charge in [-0.1, -0.05) is 0 Å². The highest BCUT2D eigenvalue weighted by molar-refractivity contribution is 5.47. The molecule has 2 rings (SSSR count). The number of rotatable bonds is 5. The third kappa shape index (κ3) is 3.59. The van der Waals surface area contributed by atoms with Crippen molar-refractivity contribution >= 4 is 11.6 Å². The molecule has 2 aromatic rings. The maximum atomic E-state index is 12.6. The van der Waals surface area contributed by atoms with Crippen molar-refractivity contribution in [3.63, 3.8) is 0 Å². The van der Waals surface area contributed by atoms with Crippen molar-refractivity contribution in [2.75, 3.05) is 24.2 Å². The first-order valence-corrected chi connectivity index (χ1v) is 5.82. The highest BCUT2D eigenvalue weighted by Gasteiger charge is 2.35. The summed E-state index contributed by atoms with van der Waals surface area (Å²) in [5.74, 6) is -0.941. The molecule has 0 aliphatic carbocycles. The first-order chi connectivity index (χ1) is 9.49. The van der Waals surface area contributed by atoms with Crippen molar-refractivity contribution in [3.8, 4) is 0 Å². The SMILES string of the molecule is CNc1cc(NCCn2ccnc2)nc(C(F)(F)F)n1. The summed E-state index contributed by atoms with van der Waals surface area (Å²) in [6, 6.07) is 1.42. The minimum Gasteiger partial charge on any atom is -0.373 e. The zero-order valence-electron chi connectivity index (χ0n) is 10.6. The Morgan fingerprint density at radius 1 is 1.25 bits per heavy atom. The number of halogens is 3. The molecule has 0 aliphatic rings. The van der Waals surface area contributed by atoms with Gasteiger partial charge in [0.15, 0.2) is 0 Å². The predicted molar refractivity (Wildman–Crippen MR) is 67.3 cm³/mol. The Morgan fingerprint density at radius 3 is 2.60 bits per heavy atom. The number of hydrogen-bond donors (Lipinski definition) is 2. The van der Waals surface area contributed by atoms with E-state index in [-0.39, 0.29) is 11.6 Å². The minimum absolute atomic E-state index is 0.109. The molecule has 2 N–H and O–H groups in total. The quantitative estimate of drug-likeness (QED) is 0.878. The van der Waals surface area contributed by atoms with E-state index < -0.39 is 12.0 Å². The fourth-order valence-corrected chi connectivity index (χ4v) is 1.52. The van der Waals surface area contributed by atoms with Crippen LogP contribution in [0.25, 0.3) is 0 Å². The second-order valence-electron chi connectivity index (χ2n) is 3.94. The van der Waals surface area contributed by atoms with E-state index in [4.69, 9.17) is 0 Å². The molecule has 0 bridgehead atoms. The second-order valence-corrected chi connectivity index (χ2v) is 3.94. The molecular formula is C11H13F3N6. The maximum Gasteiger partial charge on any atom is 0.451 e. The molecule has 0 aromatic carbocycles. The molecule has 0 spiro atoms. The van der Waals surface area contributed by atoms with Gasteiger partial charge in [0.25, 0.3) is 0 Å². The van der Waals surface area contributed by atoms with Gasteiger partial charge in [-0.05, 0) is 0 Å². The lowest BCUT2D eigenvalue weighted by molar-refractivity contribution is -0.144. The Kier molecular flexibility index (Phi) is 4.06. The van der Waals surface area contributed by atoms with E-state index in [1.807, 2.05) is 0 Å². The molecule has 2 aromatic heterocycles. The summed E-state index contributed by atoms with van der Waals surface area (Å²) >= 11 is 0. The van der Waals surface area contributed by atoms with Crippen LogP contribution in [-0.2, 0) is 12.7 Å². The van der Waals surface area contributed by atoms with Gasteiger partial charge in [0.2, 0.25) is 5.82 Å². The summed E-state index contributed by atoms with van der Waals surface area (Å²) in [4.78, 5) is 10.7. The molecule has 20 heavy (non-hydrogen) atoms. The third-order valence-corrected chi connectivity index (χ3v) is 2.47. The average molecular weight is 286 g/mol. The van der Waals surface area contributed by atoms with Crippen molar-refractivity contribution in [2.24, 2.45) is 0 Å². The number of hydrogen-bond acceptors (Lipinski definition) is 5. The van der Waals surface area contributed by atoms with E-state index >= 15 is 0 Å². The number of alkyl halides is 3. The average Bonchev–Trinajstić information content (AvgIpc) is 2.90. The van der Waals surface area contributed by atoms with Gasteiger partial charge in [-0.2, -0.15) is 13.2 Å². The molecular weight excluding hydrogens is 273 g/mol. The molecule has 2 heterocycles. The zero-order chi connectivity index (χ0) is 14.6. The lowest BCUT2D eigenvalue weighted by Crippen LogP contribution is -2.16. The van der Waals surface area contributed by atoms with Crippen LogP contribution >= 0.6 is 0 Å². The van der Waals surface area contributed by atoms with Crippen LogP contribution < -0.4 is 10.6 Å². The molecule has 6 nitrogen and oxygen atoms in total. The molecule has 0 fully saturated rings. The number of nitrogens with zero attached hydrogens (tertiary/aromatic N) is 4. The third-order valence-electron chi connectivity index (χ3n) is 2.47. The highest BCUT2D eigenvalue weighted by Crippen LogP contribution is 2.28. The second kappa shape index (κ2) is 5.76. The number of aromatic nitrogens is 4. The van der Waals surface area contributed by atoms with E-state index in [1.54, 1.807) is 23.3 Å². The van der Waals surface area contributed by atoms with Crippen molar-refractivity contribution in [2.45, 2.75) is 12.7 Å². The number of imidazole rings is 1. The van der Waals surface area contributed by atoms with Gasteiger partial charge in [0, 0.05) is 38.6 Å². The normalized spacial score (nSPS) is 11.4. The molecule has 0 unspecified atom stereocenters. The van der Waals surface area contributed by atoms with Crippen molar-refractivity contribution in [1.82, 2.24) is 19.5 Å². The van der Waals surface area contributed by atoms with Gasteiger partial charge in [-0.3, -0.25) is 0 Å². The Morgan fingerprint density at radius 2 is 2.00 bits per heavy atom. The summed E-state index contributed by atoms with van der Waals surface area (Å²) < 4.78 is 39.7. The topological polar surface area (TPSA) is 67.7 Å². The maximum absolute atomic E-state index is 12.6. The molecule has 0 saturated carbocycles. The van der Waals surface area contributed by atoms with Gasteiger partial charge in [-0.25, -0.2) is 15.0 Å². The van der Waals surface area contributed by atoms with E-state index in [0.29, 0.717) is 13.1 Å². The van der Waals surface area contributed by atoms with Crippen LogP contribution in [0, 0.1) is 0 Å². The fourth-order valence-electron chi connectivity index (χ4n) is 1.52. The molecule has 0 radical (unpaired) electrons. The Bertz CT molecular complexity index is 552. The Labute approximate surface area is 113 Å². The van der Waals surface area contributed by atoms with Crippen molar-refractivity contribution in [1.29, 1.82) is 0 Å². The number of nitrogens with one attached hydrogen (secondary N) is 2. The smallest absolute Gasteiger partial charge is 0.373 e. The van der Waals surface area contributed by atoms with Crippen LogP contribution in [0.5, 0.6) is 0 Å². The standard InChI is InChI=1S/C11H13F3N6/c1-15-8-6-9(19-10(18-8)11(12,13)14)17-3-5-20-4-2-16-7-20/h2,4,6-7H,3,5H2,1H3,(H2,15,17,18,19). The van der Waals surface area contributed by atoms with Crippen LogP contribution in [0.2, 0.25) is 0 Å². The zero-order valence-corrected chi connectivity index (χ0v) is 10.6. The molecule has 0 amide bonds. The first kappa shape index (κ1) is 14.1. The van der Waals surface area contributed by atoms with Crippen LogP contribution in [0.3, 0.4) is 0 Å². The summed E-state index contributed by atoms with van der Waals surface area (Å²) in [7, 11) is 1.50. The van der Waals surface area contributed by atoms with Crippen LogP contribution in [0.4, 0.5) is 24.8 Å². The van der Waals surface area contributed by atoms with E-state index in [0.717, 1.165) is 0 Å². The van der Waals surface area contributed by atoms with E-state index in [9.17, 15) is 13.2 Å². The van der Waals surface area contributed by atoms with Crippen LogP contribution in [-0.4, -0.2) is 33.1 Å². The first-order valence-electron chi connectivity index (χ1n) is 5.82.